The molecule has 2 aromatic carbocycles. The summed E-state index contributed by atoms with van der Waals surface area (Å²) in [5, 5.41) is 0. The summed E-state index contributed by atoms with van der Waals surface area (Å²) in [6, 6.07) is 15.7. The molecule has 1 aromatic heterocycles. The van der Waals surface area contributed by atoms with Crippen molar-refractivity contribution in [2.24, 2.45) is 0 Å². The number of nitrogens with zero attached hydrogens (tertiary/aromatic N) is 2. The molecule has 4 heteroatoms. The first kappa shape index (κ1) is 15.1. The van der Waals surface area contributed by atoms with Crippen LogP contribution in [0.5, 0.6) is 0 Å². The largest absolute Gasteiger partial charge is 0.347 e. The van der Waals surface area contributed by atoms with Gasteiger partial charge in [-0.2, -0.15) is 0 Å². The number of halogens is 1. The summed E-state index contributed by atoms with van der Waals surface area (Å²) < 4.78 is 14.6. The van der Waals surface area contributed by atoms with Gasteiger partial charge in [0, 0.05) is 24.5 Å². The average molecular weight is 321 g/mol. The maximum atomic E-state index is 14.6. The Balaban J connectivity index is 1.55. The Bertz CT molecular complexity index is 799. The van der Waals surface area contributed by atoms with Crippen LogP contribution in [-0.2, 0) is 6.54 Å². The molecule has 122 valence electrons. The lowest BCUT2D eigenvalue weighted by Crippen LogP contribution is -2.24. The van der Waals surface area contributed by atoms with E-state index in [4.69, 9.17) is 0 Å². The van der Waals surface area contributed by atoms with Crippen molar-refractivity contribution in [1.82, 2.24) is 14.9 Å². The van der Waals surface area contributed by atoms with Crippen molar-refractivity contribution in [3.8, 4) is 11.1 Å². The maximum absolute atomic E-state index is 14.6. The van der Waals surface area contributed by atoms with E-state index in [2.05, 4.69) is 14.9 Å². The number of hydrogen-bond acceptors (Lipinski definition) is 2. The van der Waals surface area contributed by atoms with Gasteiger partial charge in [0.15, 0.2) is 0 Å². The SMILES string of the molecule is Fc1cc(-c2ccccc2)ccc1CN1CCC[C@H]1c1ncc[nH]1. The number of imidazole rings is 1. The van der Waals surface area contributed by atoms with E-state index < -0.39 is 0 Å². The van der Waals surface area contributed by atoms with Gasteiger partial charge in [0.1, 0.15) is 11.6 Å². The fourth-order valence-electron chi connectivity index (χ4n) is 3.49. The Morgan fingerprint density at radius 1 is 1.12 bits per heavy atom. The molecule has 1 aliphatic rings. The third kappa shape index (κ3) is 2.97. The van der Waals surface area contributed by atoms with Gasteiger partial charge < -0.3 is 4.98 Å². The molecule has 0 spiro atoms. The Labute approximate surface area is 141 Å². The minimum absolute atomic E-state index is 0.138. The molecule has 2 heterocycles. The quantitative estimate of drug-likeness (QED) is 0.764. The van der Waals surface area contributed by atoms with Crippen LogP contribution in [0.4, 0.5) is 4.39 Å². The number of hydrogen-bond donors (Lipinski definition) is 1. The third-order valence-corrected chi connectivity index (χ3v) is 4.73. The Hall–Kier alpha value is -2.46. The number of rotatable bonds is 4. The van der Waals surface area contributed by atoms with Crippen molar-refractivity contribution in [2.45, 2.75) is 25.4 Å². The first-order valence-electron chi connectivity index (χ1n) is 8.38. The smallest absolute Gasteiger partial charge is 0.128 e. The van der Waals surface area contributed by atoms with Crippen LogP contribution in [-0.4, -0.2) is 21.4 Å². The van der Waals surface area contributed by atoms with Gasteiger partial charge in [-0.05, 0) is 36.6 Å². The molecule has 0 amide bonds. The van der Waals surface area contributed by atoms with Gasteiger partial charge >= 0.3 is 0 Å². The van der Waals surface area contributed by atoms with E-state index in [0.29, 0.717) is 6.54 Å². The highest BCUT2D eigenvalue weighted by molar-refractivity contribution is 5.63. The summed E-state index contributed by atoms with van der Waals surface area (Å²) in [7, 11) is 0. The Morgan fingerprint density at radius 2 is 2.00 bits per heavy atom. The monoisotopic (exact) mass is 321 g/mol. The van der Waals surface area contributed by atoms with Crippen molar-refractivity contribution in [1.29, 1.82) is 0 Å². The molecule has 0 radical (unpaired) electrons. The molecular formula is C20H20FN3. The first-order chi connectivity index (χ1) is 11.8. The molecule has 3 nitrogen and oxygen atoms in total. The van der Waals surface area contributed by atoms with E-state index in [9.17, 15) is 4.39 Å². The van der Waals surface area contributed by atoms with Crippen LogP contribution >= 0.6 is 0 Å². The summed E-state index contributed by atoms with van der Waals surface area (Å²) in [4.78, 5) is 9.87. The molecule has 24 heavy (non-hydrogen) atoms. The van der Waals surface area contributed by atoms with Crippen LogP contribution in [0.2, 0.25) is 0 Å². The van der Waals surface area contributed by atoms with Gasteiger partial charge in [-0.15, -0.1) is 0 Å². The lowest BCUT2D eigenvalue weighted by Gasteiger charge is -2.23. The highest BCUT2D eigenvalue weighted by Gasteiger charge is 2.28. The predicted molar refractivity (Wildman–Crippen MR) is 92.8 cm³/mol. The van der Waals surface area contributed by atoms with Crippen molar-refractivity contribution in [2.75, 3.05) is 6.54 Å². The third-order valence-electron chi connectivity index (χ3n) is 4.73. The molecule has 3 aromatic rings. The van der Waals surface area contributed by atoms with Gasteiger partial charge in [-0.1, -0.05) is 42.5 Å². The summed E-state index contributed by atoms with van der Waals surface area (Å²) in [5.41, 5.74) is 2.70. The molecule has 1 aliphatic heterocycles. The topological polar surface area (TPSA) is 31.9 Å². The summed E-state index contributed by atoms with van der Waals surface area (Å²) >= 11 is 0. The van der Waals surface area contributed by atoms with Crippen molar-refractivity contribution >= 4 is 0 Å². The van der Waals surface area contributed by atoms with E-state index >= 15 is 0 Å². The van der Waals surface area contributed by atoms with Crippen molar-refractivity contribution in [3.05, 3.63) is 78.1 Å². The van der Waals surface area contributed by atoms with E-state index in [1.54, 1.807) is 12.3 Å². The minimum atomic E-state index is -0.138. The zero-order valence-corrected chi connectivity index (χ0v) is 13.5. The normalized spacial score (nSPS) is 18.1. The molecule has 1 saturated heterocycles. The van der Waals surface area contributed by atoms with Crippen LogP contribution in [0.25, 0.3) is 11.1 Å². The highest BCUT2D eigenvalue weighted by atomic mass is 19.1. The molecule has 0 aliphatic carbocycles. The second kappa shape index (κ2) is 6.57. The number of likely N-dealkylation sites (tertiary alicyclic amines) is 1. The first-order valence-corrected chi connectivity index (χ1v) is 8.38. The van der Waals surface area contributed by atoms with Crippen LogP contribution in [0, 0.1) is 5.82 Å². The molecule has 1 N–H and O–H groups in total. The standard InChI is InChI=1S/C20H20FN3/c21-18-13-16(15-5-2-1-3-6-15)8-9-17(18)14-24-12-4-7-19(24)20-22-10-11-23-20/h1-3,5-6,8-11,13,19H,4,7,12,14H2,(H,22,23)/t19-/m0/s1. The zero-order chi connectivity index (χ0) is 16.4. The maximum Gasteiger partial charge on any atom is 0.128 e. The van der Waals surface area contributed by atoms with Crippen molar-refractivity contribution < 1.29 is 4.39 Å². The number of H-pyrrole nitrogens is 1. The van der Waals surface area contributed by atoms with E-state index in [1.807, 2.05) is 48.7 Å². The van der Waals surface area contributed by atoms with Gasteiger partial charge in [0.05, 0.1) is 6.04 Å². The summed E-state index contributed by atoms with van der Waals surface area (Å²) in [6.07, 6.45) is 5.81. The van der Waals surface area contributed by atoms with Crippen LogP contribution in [0.1, 0.15) is 30.3 Å². The van der Waals surface area contributed by atoms with E-state index in [1.165, 1.54) is 0 Å². The van der Waals surface area contributed by atoms with Crippen LogP contribution < -0.4 is 0 Å². The molecular weight excluding hydrogens is 301 g/mol. The molecule has 0 bridgehead atoms. The van der Waals surface area contributed by atoms with E-state index in [-0.39, 0.29) is 11.9 Å². The fourth-order valence-corrected chi connectivity index (χ4v) is 3.49. The fraction of sp³-hybridized carbons (Fsp3) is 0.250. The van der Waals surface area contributed by atoms with E-state index in [0.717, 1.165) is 41.9 Å². The minimum Gasteiger partial charge on any atom is -0.347 e. The lowest BCUT2D eigenvalue weighted by atomic mass is 10.0. The summed E-state index contributed by atoms with van der Waals surface area (Å²) in [6.45, 7) is 1.59. The second-order valence-electron chi connectivity index (χ2n) is 6.28. The molecule has 0 unspecified atom stereocenters. The Morgan fingerprint density at radius 3 is 2.75 bits per heavy atom. The number of aromatic amines is 1. The average Bonchev–Trinajstić information content (AvgIpc) is 3.28. The highest BCUT2D eigenvalue weighted by Crippen LogP contribution is 2.32. The van der Waals surface area contributed by atoms with Crippen LogP contribution in [0.3, 0.4) is 0 Å². The van der Waals surface area contributed by atoms with Crippen molar-refractivity contribution in [3.63, 3.8) is 0 Å². The summed E-state index contributed by atoms with van der Waals surface area (Å²) in [5.74, 6) is 0.843. The second-order valence-corrected chi connectivity index (χ2v) is 6.28. The van der Waals surface area contributed by atoms with Gasteiger partial charge in [-0.25, -0.2) is 9.37 Å². The van der Waals surface area contributed by atoms with Gasteiger partial charge in [0.25, 0.3) is 0 Å². The molecule has 4 rings (SSSR count). The number of nitrogens with one attached hydrogen (secondary N) is 1. The predicted octanol–water partition coefficient (Wildman–Crippen LogP) is 4.55. The zero-order valence-electron chi connectivity index (χ0n) is 13.5. The van der Waals surface area contributed by atoms with Gasteiger partial charge in [-0.3, -0.25) is 4.90 Å². The number of benzene rings is 2. The molecule has 0 saturated carbocycles. The molecule has 1 atom stereocenters. The Kier molecular flexibility index (Phi) is 4.13. The number of aromatic nitrogens is 2. The molecule has 1 fully saturated rings. The van der Waals surface area contributed by atoms with Gasteiger partial charge in [0.2, 0.25) is 0 Å². The van der Waals surface area contributed by atoms with Crippen LogP contribution in [0.15, 0.2) is 60.9 Å². The lowest BCUT2D eigenvalue weighted by molar-refractivity contribution is 0.237.